The summed E-state index contributed by atoms with van der Waals surface area (Å²) in [5.41, 5.74) is 0. The van der Waals surface area contributed by atoms with Crippen molar-refractivity contribution >= 4 is 24.1 Å². The number of hydrogen-bond donors (Lipinski definition) is 0. The first kappa shape index (κ1) is 12.7. The third kappa shape index (κ3) is 3.63. The van der Waals surface area contributed by atoms with E-state index in [0.717, 1.165) is 12.2 Å². The van der Waals surface area contributed by atoms with Crippen molar-refractivity contribution < 1.29 is 9.59 Å². The van der Waals surface area contributed by atoms with Crippen LogP contribution in [0.4, 0.5) is 0 Å². The lowest BCUT2D eigenvalue weighted by atomic mass is 10.0. The summed E-state index contributed by atoms with van der Waals surface area (Å²) >= 11 is 1.97. The van der Waals surface area contributed by atoms with Gasteiger partial charge in [-0.1, -0.05) is 0 Å². The molecule has 2 saturated heterocycles. The lowest BCUT2D eigenvalue weighted by Crippen LogP contribution is -2.48. The summed E-state index contributed by atoms with van der Waals surface area (Å²) in [6.07, 6.45) is 4.03. The normalized spacial score (nSPS) is 25.8. The Labute approximate surface area is 107 Å². The second-order valence-corrected chi connectivity index (χ2v) is 5.96. The van der Waals surface area contributed by atoms with Gasteiger partial charge in [-0.3, -0.25) is 9.59 Å². The number of carbonyl (C=O) groups is 2. The first-order chi connectivity index (χ1) is 8.29. The summed E-state index contributed by atoms with van der Waals surface area (Å²) in [4.78, 5) is 26.3. The highest BCUT2D eigenvalue weighted by molar-refractivity contribution is 7.99. The van der Waals surface area contributed by atoms with E-state index in [1.54, 1.807) is 4.90 Å². The predicted octanol–water partition coefficient (Wildman–Crippen LogP) is 0.820. The van der Waals surface area contributed by atoms with Crippen molar-refractivity contribution in [3.63, 3.8) is 0 Å². The number of thioether (sulfide) groups is 1. The molecule has 1 unspecified atom stereocenters. The maximum Gasteiger partial charge on any atom is 0.222 e. The van der Waals surface area contributed by atoms with Crippen molar-refractivity contribution in [2.75, 3.05) is 37.7 Å². The Morgan fingerprint density at radius 2 is 2.06 bits per heavy atom. The molecule has 2 amide bonds. The Morgan fingerprint density at radius 1 is 1.29 bits per heavy atom. The fraction of sp³-hybridized carbons (Fsp3) is 0.833. The van der Waals surface area contributed by atoms with Gasteiger partial charge >= 0.3 is 0 Å². The van der Waals surface area contributed by atoms with Crippen LogP contribution in [0.2, 0.25) is 0 Å². The molecule has 1 atom stereocenters. The molecule has 2 fully saturated rings. The molecule has 5 heteroatoms. The molecule has 2 rings (SSSR count). The molecular formula is C12H20N2O2S. The second-order valence-electron chi connectivity index (χ2n) is 4.81. The molecule has 0 aromatic heterocycles. The molecule has 17 heavy (non-hydrogen) atoms. The molecule has 0 bridgehead atoms. The van der Waals surface area contributed by atoms with Gasteiger partial charge in [0.15, 0.2) is 0 Å². The van der Waals surface area contributed by atoms with Crippen molar-refractivity contribution in [3.05, 3.63) is 0 Å². The maximum absolute atomic E-state index is 12.1. The number of carbonyl (C=O) groups excluding carboxylic acids is 2. The highest BCUT2D eigenvalue weighted by Gasteiger charge is 2.23. The van der Waals surface area contributed by atoms with Gasteiger partial charge in [0.25, 0.3) is 0 Å². The van der Waals surface area contributed by atoms with Gasteiger partial charge < -0.3 is 9.80 Å². The van der Waals surface area contributed by atoms with E-state index in [1.807, 2.05) is 16.7 Å². The summed E-state index contributed by atoms with van der Waals surface area (Å²) in [5.74, 6) is 3.25. The van der Waals surface area contributed by atoms with Crippen molar-refractivity contribution in [3.8, 4) is 0 Å². The lowest BCUT2D eigenvalue weighted by molar-refractivity contribution is -0.135. The molecule has 0 radical (unpaired) electrons. The Kier molecular flexibility index (Phi) is 4.71. The SMILES string of the molecule is O=CN1CCN(C(=O)CC2CCCSC2)CC1. The van der Waals surface area contributed by atoms with E-state index in [2.05, 4.69) is 0 Å². The van der Waals surface area contributed by atoms with E-state index in [0.29, 0.717) is 38.5 Å². The van der Waals surface area contributed by atoms with Crippen LogP contribution in [-0.4, -0.2) is 59.8 Å². The van der Waals surface area contributed by atoms with E-state index in [1.165, 1.54) is 18.6 Å². The minimum Gasteiger partial charge on any atom is -0.342 e. The molecule has 96 valence electrons. The lowest BCUT2D eigenvalue weighted by Gasteiger charge is -2.33. The van der Waals surface area contributed by atoms with E-state index < -0.39 is 0 Å². The average Bonchev–Trinajstić information content (AvgIpc) is 2.40. The Morgan fingerprint density at radius 3 is 2.65 bits per heavy atom. The topological polar surface area (TPSA) is 40.6 Å². The summed E-state index contributed by atoms with van der Waals surface area (Å²) in [6.45, 7) is 2.79. The molecule has 0 aromatic carbocycles. The van der Waals surface area contributed by atoms with E-state index in [4.69, 9.17) is 0 Å². The molecular weight excluding hydrogens is 236 g/mol. The quantitative estimate of drug-likeness (QED) is 0.702. The van der Waals surface area contributed by atoms with Gasteiger partial charge in [-0.25, -0.2) is 0 Å². The third-order valence-corrected chi connectivity index (χ3v) is 4.82. The molecule has 0 N–H and O–H groups in total. The number of rotatable bonds is 3. The number of nitrogens with zero attached hydrogens (tertiary/aromatic N) is 2. The van der Waals surface area contributed by atoms with Crippen molar-refractivity contribution in [1.82, 2.24) is 9.80 Å². The minimum atomic E-state index is 0.281. The van der Waals surface area contributed by atoms with Crippen molar-refractivity contribution in [2.45, 2.75) is 19.3 Å². The van der Waals surface area contributed by atoms with E-state index in [9.17, 15) is 9.59 Å². The zero-order valence-corrected chi connectivity index (χ0v) is 11.0. The summed E-state index contributed by atoms with van der Waals surface area (Å²) in [6, 6.07) is 0. The highest BCUT2D eigenvalue weighted by atomic mass is 32.2. The van der Waals surface area contributed by atoms with Gasteiger partial charge in [0, 0.05) is 32.6 Å². The minimum absolute atomic E-state index is 0.281. The fourth-order valence-electron chi connectivity index (χ4n) is 2.42. The maximum atomic E-state index is 12.1. The molecule has 0 spiro atoms. The first-order valence-electron chi connectivity index (χ1n) is 6.34. The van der Waals surface area contributed by atoms with Gasteiger partial charge in [0.05, 0.1) is 0 Å². The van der Waals surface area contributed by atoms with Gasteiger partial charge in [0.2, 0.25) is 12.3 Å². The van der Waals surface area contributed by atoms with Crippen LogP contribution < -0.4 is 0 Å². The summed E-state index contributed by atoms with van der Waals surface area (Å²) < 4.78 is 0. The molecule has 2 heterocycles. The van der Waals surface area contributed by atoms with Crippen LogP contribution >= 0.6 is 11.8 Å². The van der Waals surface area contributed by atoms with Crippen molar-refractivity contribution in [1.29, 1.82) is 0 Å². The molecule has 0 aromatic rings. The molecule has 2 aliphatic rings. The largest absolute Gasteiger partial charge is 0.342 e. The summed E-state index contributed by atoms with van der Waals surface area (Å²) in [7, 11) is 0. The molecule has 2 aliphatic heterocycles. The van der Waals surface area contributed by atoms with Gasteiger partial charge in [0.1, 0.15) is 0 Å². The number of amides is 2. The predicted molar refractivity (Wildman–Crippen MR) is 68.9 cm³/mol. The standard InChI is InChI=1S/C12H20N2O2S/c15-10-13-3-5-14(6-4-13)12(16)8-11-2-1-7-17-9-11/h10-11H,1-9H2. The molecule has 0 saturated carbocycles. The number of piperazine rings is 1. The molecule has 4 nitrogen and oxygen atoms in total. The first-order valence-corrected chi connectivity index (χ1v) is 7.50. The summed E-state index contributed by atoms with van der Waals surface area (Å²) in [5, 5.41) is 0. The van der Waals surface area contributed by atoms with Gasteiger partial charge in [-0.05, 0) is 30.3 Å². The van der Waals surface area contributed by atoms with Crippen LogP contribution in [0.3, 0.4) is 0 Å². The van der Waals surface area contributed by atoms with Crippen LogP contribution in [0.5, 0.6) is 0 Å². The fourth-order valence-corrected chi connectivity index (χ4v) is 3.58. The van der Waals surface area contributed by atoms with Crippen LogP contribution in [0.15, 0.2) is 0 Å². The monoisotopic (exact) mass is 256 g/mol. The Bertz CT molecular complexity index is 272. The smallest absolute Gasteiger partial charge is 0.222 e. The number of hydrogen-bond acceptors (Lipinski definition) is 3. The zero-order valence-electron chi connectivity index (χ0n) is 10.1. The van der Waals surface area contributed by atoms with Gasteiger partial charge in [-0.2, -0.15) is 11.8 Å². The van der Waals surface area contributed by atoms with Crippen molar-refractivity contribution in [2.24, 2.45) is 5.92 Å². The third-order valence-electron chi connectivity index (χ3n) is 3.53. The highest BCUT2D eigenvalue weighted by Crippen LogP contribution is 2.25. The van der Waals surface area contributed by atoms with Crippen LogP contribution in [0, 0.1) is 5.92 Å². The zero-order chi connectivity index (χ0) is 12.1. The Balaban J connectivity index is 1.74. The van der Waals surface area contributed by atoms with Crippen LogP contribution in [-0.2, 0) is 9.59 Å². The van der Waals surface area contributed by atoms with Gasteiger partial charge in [-0.15, -0.1) is 0 Å². The van der Waals surface area contributed by atoms with Crippen LogP contribution in [0.1, 0.15) is 19.3 Å². The average molecular weight is 256 g/mol. The van der Waals surface area contributed by atoms with Crippen LogP contribution in [0.25, 0.3) is 0 Å². The second kappa shape index (κ2) is 6.28. The molecule has 0 aliphatic carbocycles. The Hall–Kier alpha value is -0.710. The van der Waals surface area contributed by atoms with E-state index in [-0.39, 0.29) is 5.91 Å². The van der Waals surface area contributed by atoms with E-state index >= 15 is 0 Å².